The predicted molar refractivity (Wildman–Crippen MR) is 93.6 cm³/mol. The number of amides is 1. The minimum Gasteiger partial charge on any atom is -0.456 e. The Bertz CT molecular complexity index is 1120. The Hall–Kier alpha value is -3.89. The number of ether oxygens (including phenoxy) is 2. The third-order valence-corrected chi connectivity index (χ3v) is 3.71. The minimum absolute atomic E-state index is 0.0459. The van der Waals surface area contributed by atoms with Crippen molar-refractivity contribution in [3.8, 4) is 17.2 Å². The second-order valence-corrected chi connectivity index (χ2v) is 5.91. The summed E-state index contributed by atoms with van der Waals surface area (Å²) >= 11 is 0. The molecule has 0 unspecified atom stereocenters. The van der Waals surface area contributed by atoms with Crippen LogP contribution < -0.4 is 14.8 Å². The first kappa shape index (κ1) is 20.8. The van der Waals surface area contributed by atoms with Crippen LogP contribution in [0.1, 0.15) is 15.9 Å². The second kappa shape index (κ2) is 8.23. The zero-order valence-electron chi connectivity index (χ0n) is 15.2. The maximum absolute atomic E-state index is 14.7. The highest BCUT2D eigenvalue weighted by Gasteiger charge is 2.31. The summed E-state index contributed by atoms with van der Waals surface area (Å²) in [6.07, 6.45) is -2.63. The Kier molecular flexibility index (Phi) is 5.72. The molecule has 2 aromatic carbocycles. The first-order valence-electron chi connectivity index (χ1n) is 8.28. The van der Waals surface area contributed by atoms with Crippen molar-refractivity contribution < 1.29 is 37.0 Å². The van der Waals surface area contributed by atoms with Gasteiger partial charge in [-0.15, -0.1) is 23.1 Å². The average Bonchev–Trinajstić information content (AvgIpc) is 2.67. The highest BCUT2D eigenvalue weighted by atomic mass is 19.4. The van der Waals surface area contributed by atoms with E-state index in [2.05, 4.69) is 14.8 Å². The maximum atomic E-state index is 14.7. The molecule has 0 aliphatic carbocycles. The quantitative estimate of drug-likeness (QED) is 0.507. The van der Waals surface area contributed by atoms with Crippen molar-refractivity contribution >= 4 is 5.91 Å². The van der Waals surface area contributed by atoms with Gasteiger partial charge in [0.15, 0.2) is 0 Å². The van der Waals surface area contributed by atoms with Crippen molar-refractivity contribution in [3.05, 3.63) is 77.2 Å². The van der Waals surface area contributed by atoms with E-state index in [-0.39, 0.29) is 22.4 Å². The molecule has 0 fully saturated rings. The molecule has 0 spiro atoms. The summed E-state index contributed by atoms with van der Waals surface area (Å²) in [6.45, 7) is 1.44. The monoisotopic (exact) mass is 423 g/mol. The number of rotatable bonds is 4. The largest absolute Gasteiger partial charge is 0.573 e. The zero-order chi connectivity index (χ0) is 21.9. The molecule has 11 heteroatoms. The van der Waals surface area contributed by atoms with Crippen LogP contribution in [0, 0.1) is 12.7 Å². The van der Waals surface area contributed by atoms with Crippen molar-refractivity contribution in [2.45, 2.75) is 13.3 Å². The predicted octanol–water partition coefficient (Wildman–Crippen LogP) is 4.00. The topological polar surface area (TPSA) is 85.9 Å². The van der Waals surface area contributed by atoms with E-state index in [0.29, 0.717) is 4.85 Å². The first-order chi connectivity index (χ1) is 14.1. The van der Waals surface area contributed by atoms with Gasteiger partial charge in [0.2, 0.25) is 0 Å². The summed E-state index contributed by atoms with van der Waals surface area (Å²) in [7, 11) is 0. The number of carbonyl (C=O) groups is 1. The highest BCUT2D eigenvalue weighted by Crippen LogP contribution is 2.31. The molecule has 0 aliphatic heterocycles. The Morgan fingerprint density at radius 2 is 1.77 bits per heavy atom. The molecule has 1 heterocycles. The van der Waals surface area contributed by atoms with E-state index in [0.717, 1.165) is 24.5 Å². The third kappa shape index (κ3) is 5.13. The number of aryl methyl sites for hydroxylation is 1. The molecule has 1 aromatic heterocycles. The zero-order valence-corrected chi connectivity index (χ0v) is 15.2. The number of alkyl halides is 3. The van der Waals surface area contributed by atoms with Crippen LogP contribution in [-0.4, -0.2) is 27.4 Å². The van der Waals surface area contributed by atoms with Gasteiger partial charge in [0.05, 0.1) is 17.8 Å². The number of aromatic nitrogens is 2. The van der Waals surface area contributed by atoms with Gasteiger partial charge in [-0.1, -0.05) is 6.07 Å². The van der Waals surface area contributed by atoms with Crippen molar-refractivity contribution in [3.63, 3.8) is 0 Å². The van der Waals surface area contributed by atoms with Crippen LogP contribution in [0.2, 0.25) is 0 Å². The van der Waals surface area contributed by atoms with E-state index >= 15 is 0 Å². The lowest BCUT2D eigenvalue weighted by atomic mass is 10.1. The molecule has 0 aliphatic rings. The molecule has 1 N–H and O–H groups in total. The van der Waals surface area contributed by atoms with Gasteiger partial charge in [-0.2, -0.15) is 0 Å². The molecule has 0 radical (unpaired) electrons. The van der Waals surface area contributed by atoms with E-state index in [1.165, 1.54) is 37.3 Å². The standard InChI is InChI=1S/C19H13F4N3O4/c1-11-2-7-15(29-13-3-5-14(6-4-13)30-19(21,22)23)16(17(11)20)18(27)25-12-8-9-26(28)24-10-12/h2-10,28H,1H3. The molecule has 1 amide bonds. The average molecular weight is 423 g/mol. The lowest BCUT2D eigenvalue weighted by Gasteiger charge is -2.12. The number of halogens is 4. The highest BCUT2D eigenvalue weighted by molar-refractivity contribution is 5.98. The van der Waals surface area contributed by atoms with Crippen molar-refractivity contribution in [2.24, 2.45) is 4.99 Å². The summed E-state index contributed by atoms with van der Waals surface area (Å²) in [5.41, 5.74) is -0.305. The van der Waals surface area contributed by atoms with E-state index in [1.807, 2.05) is 0 Å². The molecule has 0 atom stereocenters. The summed E-state index contributed by atoms with van der Waals surface area (Å²) in [4.78, 5) is 16.8. The number of hydrogen-bond acceptors (Lipinski definition) is 5. The molecular weight excluding hydrogens is 410 g/mol. The van der Waals surface area contributed by atoms with Gasteiger partial charge in [0.1, 0.15) is 28.6 Å². The first-order valence-corrected chi connectivity index (χ1v) is 8.28. The van der Waals surface area contributed by atoms with Gasteiger partial charge in [-0.3, -0.25) is 4.79 Å². The van der Waals surface area contributed by atoms with Gasteiger partial charge in [0.25, 0.3) is 5.91 Å². The number of carbonyl (C=O) groups excluding carboxylic acids is 1. The third-order valence-electron chi connectivity index (χ3n) is 3.71. The number of nitrogens with zero attached hydrogens (tertiary/aromatic N) is 3. The van der Waals surface area contributed by atoms with Crippen LogP contribution in [0.5, 0.6) is 17.2 Å². The van der Waals surface area contributed by atoms with E-state index < -0.39 is 29.4 Å². The summed E-state index contributed by atoms with van der Waals surface area (Å²) in [5.74, 6) is -2.43. The molecule has 3 rings (SSSR count). The van der Waals surface area contributed by atoms with Crippen LogP contribution >= 0.6 is 0 Å². The molecule has 0 saturated heterocycles. The van der Waals surface area contributed by atoms with Crippen LogP contribution in [0.4, 0.5) is 17.6 Å². The van der Waals surface area contributed by atoms with Gasteiger partial charge in [-0.25, -0.2) is 9.38 Å². The molecule has 0 bridgehead atoms. The fraction of sp³-hybridized carbons (Fsp3) is 0.105. The van der Waals surface area contributed by atoms with Crippen molar-refractivity contribution in [1.29, 1.82) is 0 Å². The smallest absolute Gasteiger partial charge is 0.456 e. The summed E-state index contributed by atoms with van der Waals surface area (Å²) in [6, 6.07) is 8.36. The normalized spacial score (nSPS) is 12.0. The Morgan fingerprint density at radius 1 is 1.10 bits per heavy atom. The maximum Gasteiger partial charge on any atom is 0.573 e. The molecule has 3 aromatic rings. The minimum atomic E-state index is -4.84. The van der Waals surface area contributed by atoms with E-state index in [1.54, 1.807) is 0 Å². The second-order valence-electron chi connectivity index (χ2n) is 5.91. The molecule has 0 saturated carbocycles. The number of benzene rings is 2. The summed E-state index contributed by atoms with van der Waals surface area (Å²) < 4.78 is 60.7. The van der Waals surface area contributed by atoms with Crippen molar-refractivity contribution in [2.75, 3.05) is 0 Å². The number of hydrogen-bond donors (Lipinski definition) is 1. The fourth-order valence-corrected chi connectivity index (χ4v) is 2.37. The SMILES string of the molecule is Cc1ccc(Oc2ccc(OC(F)(F)F)cc2)c(C(=O)N=c2ccn(O)nc2)c1F. The lowest BCUT2D eigenvalue weighted by molar-refractivity contribution is -0.274. The molecule has 7 nitrogen and oxygen atoms in total. The van der Waals surface area contributed by atoms with E-state index in [9.17, 15) is 22.4 Å². The van der Waals surface area contributed by atoms with Crippen LogP contribution in [0.25, 0.3) is 0 Å². The molecule has 156 valence electrons. The van der Waals surface area contributed by atoms with Gasteiger partial charge < -0.3 is 14.7 Å². The fourth-order valence-electron chi connectivity index (χ4n) is 2.37. The summed E-state index contributed by atoms with van der Waals surface area (Å²) in [5, 5.41) is 12.7. The van der Waals surface area contributed by atoms with Gasteiger partial charge in [0, 0.05) is 0 Å². The van der Waals surface area contributed by atoms with Crippen LogP contribution in [0.3, 0.4) is 0 Å². The Morgan fingerprint density at radius 3 is 2.37 bits per heavy atom. The lowest BCUT2D eigenvalue weighted by Crippen LogP contribution is -2.16. The molecular formula is C19H13F4N3O4. The van der Waals surface area contributed by atoms with E-state index in [4.69, 9.17) is 9.94 Å². The Balaban J connectivity index is 1.92. The molecule has 30 heavy (non-hydrogen) atoms. The van der Waals surface area contributed by atoms with Crippen LogP contribution in [0.15, 0.2) is 59.9 Å². The Labute approximate surface area is 166 Å². The van der Waals surface area contributed by atoms with Crippen molar-refractivity contribution in [1.82, 2.24) is 9.94 Å². The van der Waals surface area contributed by atoms with Gasteiger partial charge >= 0.3 is 6.36 Å². The van der Waals surface area contributed by atoms with Crippen LogP contribution in [-0.2, 0) is 0 Å². The van der Waals surface area contributed by atoms with Gasteiger partial charge in [-0.05, 0) is 48.9 Å².